The summed E-state index contributed by atoms with van der Waals surface area (Å²) in [5.41, 5.74) is 3.17. The highest BCUT2D eigenvalue weighted by atomic mass is 16.5. The zero-order valence-electron chi connectivity index (χ0n) is 14.6. The summed E-state index contributed by atoms with van der Waals surface area (Å²) in [5, 5.41) is 11.8. The Morgan fingerprint density at radius 3 is 2.87 bits per heavy atom. The molecule has 0 aromatic carbocycles. The molecule has 2 rings (SSSR count). The van der Waals surface area contributed by atoms with Gasteiger partial charge in [0.05, 0.1) is 12.2 Å². The zero-order chi connectivity index (χ0) is 16.8. The first-order valence-electron chi connectivity index (χ1n) is 7.92. The van der Waals surface area contributed by atoms with Crippen LogP contribution in [0.2, 0.25) is 0 Å². The number of hydrogen-bond donors (Lipinski definition) is 1. The van der Waals surface area contributed by atoms with Crippen molar-refractivity contribution in [1.29, 1.82) is 0 Å². The fraction of sp³-hybridized carbons (Fsp3) is 0.562. The van der Waals surface area contributed by atoms with Gasteiger partial charge in [0.1, 0.15) is 12.0 Å². The van der Waals surface area contributed by atoms with Crippen molar-refractivity contribution in [3.05, 3.63) is 35.5 Å². The average Bonchev–Trinajstić information content (AvgIpc) is 3.13. The average molecular weight is 318 g/mol. The van der Waals surface area contributed by atoms with E-state index in [1.54, 1.807) is 6.26 Å². The van der Waals surface area contributed by atoms with E-state index in [0.29, 0.717) is 12.5 Å². The summed E-state index contributed by atoms with van der Waals surface area (Å²) in [6.45, 7) is 8.44. The van der Waals surface area contributed by atoms with Gasteiger partial charge in [-0.3, -0.25) is 4.68 Å². The lowest BCUT2D eigenvalue weighted by molar-refractivity contribution is 0.411. The standard InChI is InChI=1S/C16H26N6O/c1-6-17-16(18-9-14-7-8-23-20-14)21(4)10-13-11-22(5)19-15(13)12(2)3/h7-8,11-12H,6,9-10H2,1-5H3,(H,17,18). The predicted molar refractivity (Wildman–Crippen MR) is 90.1 cm³/mol. The van der Waals surface area contributed by atoms with Crippen molar-refractivity contribution in [2.24, 2.45) is 12.0 Å². The zero-order valence-corrected chi connectivity index (χ0v) is 14.6. The molecule has 2 heterocycles. The van der Waals surface area contributed by atoms with Crippen LogP contribution >= 0.6 is 0 Å². The van der Waals surface area contributed by atoms with Gasteiger partial charge in [0.25, 0.3) is 0 Å². The van der Waals surface area contributed by atoms with E-state index in [0.717, 1.165) is 30.4 Å². The molecule has 0 atom stereocenters. The Balaban J connectivity index is 2.11. The maximum absolute atomic E-state index is 4.84. The Kier molecular flexibility index (Phi) is 5.78. The van der Waals surface area contributed by atoms with Gasteiger partial charge in [0.15, 0.2) is 5.96 Å². The van der Waals surface area contributed by atoms with Crippen LogP contribution in [0.25, 0.3) is 0 Å². The summed E-state index contributed by atoms with van der Waals surface area (Å²) >= 11 is 0. The van der Waals surface area contributed by atoms with Gasteiger partial charge in [0.2, 0.25) is 0 Å². The highest BCUT2D eigenvalue weighted by Gasteiger charge is 2.15. The van der Waals surface area contributed by atoms with Gasteiger partial charge >= 0.3 is 0 Å². The number of rotatable bonds is 6. The fourth-order valence-corrected chi connectivity index (χ4v) is 2.44. The van der Waals surface area contributed by atoms with E-state index >= 15 is 0 Å². The summed E-state index contributed by atoms with van der Waals surface area (Å²) in [4.78, 5) is 6.72. The van der Waals surface area contributed by atoms with Crippen LogP contribution in [0.5, 0.6) is 0 Å². The van der Waals surface area contributed by atoms with Crippen molar-refractivity contribution in [2.75, 3.05) is 13.6 Å². The third-order valence-electron chi connectivity index (χ3n) is 3.47. The quantitative estimate of drug-likeness (QED) is 0.652. The Labute approximate surface area is 137 Å². The normalized spacial score (nSPS) is 12.0. The van der Waals surface area contributed by atoms with Crippen molar-refractivity contribution in [3.63, 3.8) is 0 Å². The Morgan fingerprint density at radius 2 is 2.26 bits per heavy atom. The lowest BCUT2D eigenvalue weighted by atomic mass is 10.1. The molecule has 0 aliphatic carbocycles. The molecule has 0 spiro atoms. The van der Waals surface area contributed by atoms with Crippen molar-refractivity contribution < 1.29 is 4.52 Å². The van der Waals surface area contributed by atoms with Crippen molar-refractivity contribution in [3.8, 4) is 0 Å². The van der Waals surface area contributed by atoms with Gasteiger partial charge < -0.3 is 14.7 Å². The van der Waals surface area contributed by atoms with Crippen LogP contribution in [0.4, 0.5) is 0 Å². The third-order valence-corrected chi connectivity index (χ3v) is 3.47. The number of aryl methyl sites for hydroxylation is 1. The largest absolute Gasteiger partial charge is 0.364 e. The Hall–Kier alpha value is -2.31. The van der Waals surface area contributed by atoms with E-state index in [1.807, 2.05) is 24.8 Å². The van der Waals surface area contributed by atoms with Crippen molar-refractivity contribution in [2.45, 2.75) is 39.8 Å². The first-order chi connectivity index (χ1) is 11.0. The SMILES string of the molecule is CCNC(=NCc1ccon1)N(C)Cc1cn(C)nc1C(C)C. The summed E-state index contributed by atoms with van der Waals surface area (Å²) < 4.78 is 6.72. The smallest absolute Gasteiger partial charge is 0.194 e. The van der Waals surface area contributed by atoms with E-state index in [9.17, 15) is 0 Å². The molecule has 2 aromatic rings. The van der Waals surface area contributed by atoms with E-state index in [2.05, 4.69) is 52.4 Å². The van der Waals surface area contributed by atoms with Gasteiger partial charge in [-0.1, -0.05) is 19.0 Å². The van der Waals surface area contributed by atoms with Crippen LogP contribution in [0, 0.1) is 0 Å². The van der Waals surface area contributed by atoms with Gasteiger partial charge in [0, 0.05) is 45.0 Å². The maximum Gasteiger partial charge on any atom is 0.194 e. The lowest BCUT2D eigenvalue weighted by Crippen LogP contribution is -2.38. The molecular weight excluding hydrogens is 292 g/mol. The minimum absolute atomic E-state index is 0.397. The van der Waals surface area contributed by atoms with E-state index < -0.39 is 0 Å². The van der Waals surface area contributed by atoms with E-state index in [1.165, 1.54) is 5.56 Å². The third kappa shape index (κ3) is 4.58. The summed E-state index contributed by atoms with van der Waals surface area (Å²) in [6.07, 6.45) is 3.64. The van der Waals surface area contributed by atoms with Gasteiger partial charge in [-0.15, -0.1) is 0 Å². The molecule has 0 amide bonds. The molecule has 7 nitrogen and oxygen atoms in total. The molecule has 1 N–H and O–H groups in total. The Bertz CT molecular complexity index is 629. The maximum atomic E-state index is 4.84. The molecule has 0 bridgehead atoms. The second-order valence-electron chi connectivity index (χ2n) is 5.88. The summed E-state index contributed by atoms with van der Waals surface area (Å²) in [5.74, 6) is 1.24. The number of hydrogen-bond acceptors (Lipinski definition) is 4. The molecule has 0 saturated carbocycles. The predicted octanol–water partition coefficient (Wildman–Crippen LogP) is 2.13. The second kappa shape index (κ2) is 7.80. The van der Waals surface area contributed by atoms with Crippen LogP contribution < -0.4 is 5.32 Å². The number of guanidine groups is 1. The molecule has 7 heteroatoms. The van der Waals surface area contributed by atoms with Crippen molar-refractivity contribution in [1.82, 2.24) is 25.2 Å². The van der Waals surface area contributed by atoms with Crippen molar-refractivity contribution >= 4 is 5.96 Å². The second-order valence-corrected chi connectivity index (χ2v) is 5.88. The minimum Gasteiger partial charge on any atom is -0.364 e. The molecule has 0 radical (unpaired) electrons. The number of aromatic nitrogens is 3. The lowest BCUT2D eigenvalue weighted by Gasteiger charge is -2.22. The van der Waals surface area contributed by atoms with Crippen LogP contribution in [0.15, 0.2) is 28.0 Å². The molecule has 0 unspecified atom stereocenters. The highest BCUT2D eigenvalue weighted by Crippen LogP contribution is 2.18. The first kappa shape index (κ1) is 17.1. The Morgan fingerprint density at radius 1 is 1.48 bits per heavy atom. The minimum atomic E-state index is 0.397. The number of aliphatic imine (C=N–C) groups is 1. The molecule has 23 heavy (non-hydrogen) atoms. The topological polar surface area (TPSA) is 71.5 Å². The van der Waals surface area contributed by atoms with Crippen LogP contribution in [-0.4, -0.2) is 39.4 Å². The monoisotopic (exact) mass is 318 g/mol. The number of nitrogens with one attached hydrogen (secondary N) is 1. The number of nitrogens with zero attached hydrogens (tertiary/aromatic N) is 5. The van der Waals surface area contributed by atoms with Crippen LogP contribution in [0.1, 0.15) is 43.6 Å². The molecule has 2 aromatic heterocycles. The van der Waals surface area contributed by atoms with E-state index in [4.69, 9.17) is 4.52 Å². The van der Waals surface area contributed by atoms with Gasteiger partial charge in [-0.25, -0.2) is 4.99 Å². The molecular formula is C16H26N6O. The highest BCUT2D eigenvalue weighted by molar-refractivity contribution is 5.79. The fourth-order valence-electron chi connectivity index (χ4n) is 2.44. The molecule has 0 aliphatic rings. The molecule has 0 fully saturated rings. The first-order valence-corrected chi connectivity index (χ1v) is 7.92. The molecule has 126 valence electrons. The van der Waals surface area contributed by atoms with Gasteiger partial charge in [-0.2, -0.15) is 5.10 Å². The van der Waals surface area contributed by atoms with Gasteiger partial charge in [-0.05, 0) is 12.8 Å². The van der Waals surface area contributed by atoms with Crippen LogP contribution in [0.3, 0.4) is 0 Å². The molecule has 0 aliphatic heterocycles. The summed E-state index contributed by atoms with van der Waals surface area (Å²) in [6, 6.07) is 1.82. The summed E-state index contributed by atoms with van der Waals surface area (Å²) in [7, 11) is 3.99. The van der Waals surface area contributed by atoms with Crippen LogP contribution in [-0.2, 0) is 20.1 Å². The molecule has 0 saturated heterocycles. The van der Waals surface area contributed by atoms with E-state index in [-0.39, 0.29) is 0 Å².